The Morgan fingerprint density at radius 3 is 2.21 bits per heavy atom. The largest absolute Gasteiger partial charge is 0.416 e. The summed E-state index contributed by atoms with van der Waals surface area (Å²) in [5.74, 6) is 0.408. The summed E-state index contributed by atoms with van der Waals surface area (Å²) in [4.78, 5) is 8.71. The van der Waals surface area contributed by atoms with Crippen molar-refractivity contribution in [2.24, 2.45) is 16.8 Å². The first-order valence-corrected chi connectivity index (χ1v) is 15.1. The molecule has 3 aliphatic rings. The van der Waals surface area contributed by atoms with Crippen LogP contribution in [0.5, 0.6) is 0 Å². The molecule has 2 aromatic rings. The van der Waals surface area contributed by atoms with Crippen molar-refractivity contribution in [1.82, 2.24) is 10.3 Å². The van der Waals surface area contributed by atoms with Gasteiger partial charge in [-0.25, -0.2) is 4.39 Å². The van der Waals surface area contributed by atoms with Crippen LogP contribution in [0.4, 0.5) is 34.6 Å². The molecule has 2 aliphatic heterocycles. The molecule has 7 nitrogen and oxygen atoms in total. The molecule has 3 fully saturated rings. The number of hydrazone groups is 1. The Morgan fingerprint density at radius 2 is 1.55 bits per heavy atom. The lowest BCUT2D eigenvalue weighted by atomic mass is 9.89. The number of hydrogen-bond donors (Lipinski definition) is 2. The van der Waals surface area contributed by atoms with Crippen molar-refractivity contribution in [2.45, 2.75) is 38.3 Å². The minimum atomic E-state index is -4.39. The van der Waals surface area contributed by atoms with Crippen LogP contribution < -0.4 is 25.9 Å². The van der Waals surface area contributed by atoms with Gasteiger partial charge in [0.15, 0.2) is 5.11 Å². The molecule has 5 rings (SSSR count). The van der Waals surface area contributed by atoms with Gasteiger partial charge in [0.05, 0.1) is 17.5 Å². The molecule has 3 N–H and O–H groups in total. The number of anilines is 3. The molecule has 0 bridgehead atoms. The Labute approximate surface area is 250 Å². The summed E-state index contributed by atoms with van der Waals surface area (Å²) < 4.78 is 55.2. The number of nitrogens with two attached hydrogens (primary N) is 1. The third-order valence-electron chi connectivity index (χ3n) is 8.59. The lowest BCUT2D eigenvalue weighted by Gasteiger charge is -2.40. The monoisotopic (exact) mass is 605 g/mol. The molecule has 2 heterocycles. The standard InChI is InChI=1S/C30H39F4N7S/c31-26-17-23(20-36-37-29(35)42)27(40-11-9-38(10-12-40)21-22-5-2-1-3-6-22)19-28(26)41-15-13-39(14-16-41)25-8-4-7-24(18-25)30(32,33)34/h4,7-8,17-20,22H,1-3,5-6,9-16,21H2,(H3,35,37,42). The Hall–Kier alpha value is -3.12. The van der Waals surface area contributed by atoms with Crippen molar-refractivity contribution >= 4 is 40.6 Å². The van der Waals surface area contributed by atoms with E-state index in [0.717, 1.165) is 50.4 Å². The van der Waals surface area contributed by atoms with Gasteiger partial charge in [-0.05, 0) is 61.3 Å². The second-order valence-electron chi connectivity index (χ2n) is 11.4. The molecule has 0 unspecified atom stereocenters. The van der Waals surface area contributed by atoms with Crippen LogP contribution in [0, 0.1) is 11.7 Å². The van der Waals surface area contributed by atoms with E-state index in [1.165, 1.54) is 50.3 Å². The Balaban J connectivity index is 1.30. The quantitative estimate of drug-likeness (QED) is 0.199. The van der Waals surface area contributed by atoms with Gasteiger partial charge in [-0.15, -0.1) is 0 Å². The van der Waals surface area contributed by atoms with E-state index in [1.54, 1.807) is 12.3 Å². The fraction of sp³-hybridized carbons (Fsp3) is 0.533. The van der Waals surface area contributed by atoms with Crippen LogP contribution in [0.1, 0.15) is 43.2 Å². The molecule has 12 heteroatoms. The van der Waals surface area contributed by atoms with Crippen molar-refractivity contribution in [1.29, 1.82) is 0 Å². The van der Waals surface area contributed by atoms with E-state index in [-0.39, 0.29) is 10.9 Å². The third kappa shape index (κ3) is 7.63. The summed E-state index contributed by atoms with van der Waals surface area (Å²) in [6.07, 6.45) is 3.81. The topological polar surface area (TPSA) is 63.4 Å². The molecular weight excluding hydrogens is 566 g/mol. The van der Waals surface area contributed by atoms with Crippen LogP contribution in [0.2, 0.25) is 0 Å². The number of halogens is 4. The van der Waals surface area contributed by atoms with Crippen molar-refractivity contribution in [2.75, 3.05) is 73.6 Å². The van der Waals surface area contributed by atoms with Crippen molar-refractivity contribution in [3.63, 3.8) is 0 Å². The number of piperazine rings is 2. The molecule has 0 radical (unpaired) electrons. The van der Waals surface area contributed by atoms with Gasteiger partial charge >= 0.3 is 6.18 Å². The third-order valence-corrected chi connectivity index (χ3v) is 8.68. The number of thiocarbonyl (C=S) groups is 1. The van der Waals surface area contributed by atoms with Crippen LogP contribution in [0.15, 0.2) is 41.5 Å². The zero-order valence-electron chi connectivity index (χ0n) is 23.8. The van der Waals surface area contributed by atoms with Gasteiger partial charge in [0.25, 0.3) is 0 Å². The summed E-state index contributed by atoms with van der Waals surface area (Å²) in [6, 6.07) is 8.74. The number of rotatable bonds is 7. The fourth-order valence-electron chi connectivity index (χ4n) is 6.34. The van der Waals surface area contributed by atoms with Crippen LogP contribution in [-0.2, 0) is 6.18 Å². The summed E-state index contributed by atoms with van der Waals surface area (Å²) in [5.41, 5.74) is 9.92. The summed E-state index contributed by atoms with van der Waals surface area (Å²) in [7, 11) is 0. The van der Waals surface area contributed by atoms with Crippen LogP contribution in [0.3, 0.4) is 0 Å². The van der Waals surface area contributed by atoms with Crippen molar-refractivity contribution in [3.05, 3.63) is 53.3 Å². The molecule has 1 aliphatic carbocycles. The number of alkyl halides is 3. The number of nitrogens with zero attached hydrogens (tertiary/aromatic N) is 5. The molecule has 0 aromatic heterocycles. The maximum Gasteiger partial charge on any atom is 0.416 e. The maximum absolute atomic E-state index is 15.6. The van der Waals surface area contributed by atoms with Gasteiger partial charge in [-0.3, -0.25) is 10.3 Å². The average molecular weight is 606 g/mol. The van der Waals surface area contributed by atoms with E-state index in [1.807, 2.05) is 15.9 Å². The highest BCUT2D eigenvalue weighted by Crippen LogP contribution is 2.34. The van der Waals surface area contributed by atoms with Gasteiger partial charge in [0.2, 0.25) is 0 Å². The zero-order valence-corrected chi connectivity index (χ0v) is 24.6. The minimum Gasteiger partial charge on any atom is -0.375 e. The lowest BCUT2D eigenvalue weighted by molar-refractivity contribution is -0.137. The second kappa shape index (κ2) is 13.5. The molecule has 2 saturated heterocycles. The molecule has 0 atom stereocenters. The van der Waals surface area contributed by atoms with Crippen LogP contribution in [-0.4, -0.2) is 75.1 Å². The Kier molecular flexibility index (Phi) is 9.72. The highest BCUT2D eigenvalue weighted by Gasteiger charge is 2.31. The van der Waals surface area contributed by atoms with Gasteiger partial charge < -0.3 is 20.4 Å². The molecule has 0 amide bonds. The van der Waals surface area contributed by atoms with E-state index in [9.17, 15) is 13.2 Å². The van der Waals surface area contributed by atoms with E-state index >= 15 is 4.39 Å². The van der Waals surface area contributed by atoms with Crippen molar-refractivity contribution < 1.29 is 17.6 Å². The SMILES string of the molecule is NC(=S)NN=Cc1cc(F)c(N2CCN(c3cccc(C(F)(F)F)c3)CC2)cc1N1CCN(CC2CCCCC2)CC1. The smallest absolute Gasteiger partial charge is 0.375 e. The minimum absolute atomic E-state index is 0.0276. The van der Waals surface area contributed by atoms with E-state index in [2.05, 4.69) is 20.3 Å². The number of benzene rings is 2. The molecule has 228 valence electrons. The molecule has 2 aromatic carbocycles. The highest BCUT2D eigenvalue weighted by atomic mass is 32.1. The van der Waals surface area contributed by atoms with Crippen molar-refractivity contribution in [3.8, 4) is 0 Å². The summed E-state index contributed by atoms with van der Waals surface area (Å²) in [5, 5.41) is 4.12. The Morgan fingerprint density at radius 1 is 0.905 bits per heavy atom. The zero-order chi connectivity index (χ0) is 29.7. The lowest BCUT2D eigenvalue weighted by Crippen LogP contribution is -2.48. The molecule has 0 spiro atoms. The number of hydrogen-bond acceptors (Lipinski definition) is 6. The first kappa shape index (κ1) is 30.3. The first-order chi connectivity index (χ1) is 20.2. The van der Waals surface area contributed by atoms with Crippen LogP contribution >= 0.6 is 12.2 Å². The van der Waals surface area contributed by atoms with Gasteiger partial charge in [-0.1, -0.05) is 25.3 Å². The molecule has 42 heavy (non-hydrogen) atoms. The second-order valence-corrected chi connectivity index (χ2v) is 11.9. The summed E-state index contributed by atoms with van der Waals surface area (Å²) >= 11 is 4.85. The average Bonchev–Trinajstić information content (AvgIpc) is 2.98. The maximum atomic E-state index is 15.6. The predicted molar refractivity (Wildman–Crippen MR) is 165 cm³/mol. The van der Waals surface area contributed by atoms with Gasteiger partial charge in [-0.2, -0.15) is 18.3 Å². The first-order valence-electron chi connectivity index (χ1n) is 14.7. The predicted octanol–water partition coefficient (Wildman–Crippen LogP) is 5.04. The highest BCUT2D eigenvalue weighted by molar-refractivity contribution is 7.80. The normalized spacial score (nSPS) is 19.5. The van der Waals surface area contributed by atoms with E-state index in [0.29, 0.717) is 43.1 Å². The van der Waals surface area contributed by atoms with E-state index < -0.39 is 11.7 Å². The number of nitrogens with one attached hydrogen (secondary N) is 1. The molecule has 1 saturated carbocycles. The summed E-state index contributed by atoms with van der Waals surface area (Å²) in [6.45, 7) is 6.62. The molecular formula is C30H39F4N7S. The van der Waals surface area contributed by atoms with Gasteiger partial charge in [0.1, 0.15) is 5.82 Å². The van der Waals surface area contributed by atoms with Crippen LogP contribution in [0.25, 0.3) is 0 Å². The Bertz CT molecular complexity index is 1250. The fourth-order valence-corrected chi connectivity index (χ4v) is 6.39. The van der Waals surface area contributed by atoms with E-state index in [4.69, 9.17) is 18.0 Å². The van der Waals surface area contributed by atoms with Gasteiger partial charge in [0, 0.05) is 75.8 Å².